The molecule has 0 aliphatic carbocycles. The SMILES string of the molecule is CC(N)c1c(Cl)cc(Cl)cc1C#N. The van der Waals surface area contributed by atoms with E-state index in [0.717, 1.165) is 0 Å². The van der Waals surface area contributed by atoms with Crippen molar-refractivity contribution in [3.8, 4) is 6.07 Å². The van der Waals surface area contributed by atoms with Crippen LogP contribution in [0.2, 0.25) is 10.0 Å². The molecule has 68 valence electrons. The van der Waals surface area contributed by atoms with E-state index in [1.54, 1.807) is 19.1 Å². The van der Waals surface area contributed by atoms with Gasteiger partial charge in [0.25, 0.3) is 0 Å². The van der Waals surface area contributed by atoms with Crippen LogP contribution in [0.15, 0.2) is 12.1 Å². The highest BCUT2D eigenvalue weighted by Crippen LogP contribution is 2.28. The van der Waals surface area contributed by atoms with Crippen LogP contribution in [-0.4, -0.2) is 0 Å². The van der Waals surface area contributed by atoms with E-state index in [1.807, 2.05) is 6.07 Å². The Labute approximate surface area is 86.9 Å². The monoisotopic (exact) mass is 214 g/mol. The molecule has 0 radical (unpaired) electrons. The van der Waals surface area contributed by atoms with Crippen LogP contribution in [0.4, 0.5) is 0 Å². The summed E-state index contributed by atoms with van der Waals surface area (Å²) < 4.78 is 0. The van der Waals surface area contributed by atoms with Gasteiger partial charge in [-0.2, -0.15) is 5.26 Å². The summed E-state index contributed by atoms with van der Waals surface area (Å²) in [6.45, 7) is 1.77. The van der Waals surface area contributed by atoms with Crippen molar-refractivity contribution in [2.45, 2.75) is 13.0 Å². The summed E-state index contributed by atoms with van der Waals surface area (Å²) in [5.41, 5.74) is 6.75. The van der Waals surface area contributed by atoms with Crippen LogP contribution >= 0.6 is 23.2 Å². The maximum atomic E-state index is 8.79. The van der Waals surface area contributed by atoms with Crippen LogP contribution in [0, 0.1) is 11.3 Å². The molecule has 0 bridgehead atoms. The Morgan fingerprint density at radius 3 is 2.54 bits per heavy atom. The van der Waals surface area contributed by atoms with Gasteiger partial charge in [0, 0.05) is 21.7 Å². The zero-order chi connectivity index (χ0) is 10.0. The fourth-order valence-electron chi connectivity index (χ4n) is 1.14. The van der Waals surface area contributed by atoms with Crippen molar-refractivity contribution in [3.05, 3.63) is 33.3 Å². The van der Waals surface area contributed by atoms with Crippen molar-refractivity contribution in [3.63, 3.8) is 0 Å². The molecule has 1 aromatic carbocycles. The smallest absolute Gasteiger partial charge is 0.0996 e. The molecule has 2 nitrogen and oxygen atoms in total. The molecular weight excluding hydrogens is 207 g/mol. The van der Waals surface area contributed by atoms with Gasteiger partial charge in [-0.15, -0.1) is 0 Å². The second kappa shape index (κ2) is 3.97. The molecule has 4 heteroatoms. The first kappa shape index (κ1) is 10.3. The Kier molecular flexibility index (Phi) is 3.16. The third-order valence-electron chi connectivity index (χ3n) is 1.67. The van der Waals surface area contributed by atoms with Crippen LogP contribution < -0.4 is 5.73 Å². The zero-order valence-corrected chi connectivity index (χ0v) is 8.52. The van der Waals surface area contributed by atoms with Gasteiger partial charge in [-0.1, -0.05) is 23.2 Å². The van der Waals surface area contributed by atoms with Crippen LogP contribution in [0.5, 0.6) is 0 Å². The van der Waals surface area contributed by atoms with Crippen molar-refractivity contribution < 1.29 is 0 Å². The number of halogens is 2. The van der Waals surface area contributed by atoms with Crippen molar-refractivity contribution in [2.24, 2.45) is 5.73 Å². The number of hydrogen-bond acceptors (Lipinski definition) is 2. The third-order valence-corrected chi connectivity index (χ3v) is 2.20. The number of benzene rings is 1. The summed E-state index contributed by atoms with van der Waals surface area (Å²) in [7, 11) is 0. The van der Waals surface area contributed by atoms with Gasteiger partial charge in [0.15, 0.2) is 0 Å². The summed E-state index contributed by atoms with van der Waals surface area (Å²) in [6, 6.07) is 4.89. The average molecular weight is 215 g/mol. The average Bonchev–Trinajstić information content (AvgIpc) is 2.01. The van der Waals surface area contributed by atoms with Gasteiger partial charge in [-0.25, -0.2) is 0 Å². The summed E-state index contributed by atoms with van der Waals surface area (Å²) in [6.07, 6.45) is 0. The second-order valence-electron chi connectivity index (χ2n) is 2.75. The Hall–Kier alpha value is -0.750. The van der Waals surface area contributed by atoms with Crippen molar-refractivity contribution in [1.29, 1.82) is 5.26 Å². The number of nitrogens with zero attached hydrogens (tertiary/aromatic N) is 1. The summed E-state index contributed by atoms with van der Waals surface area (Å²) in [5, 5.41) is 9.69. The molecule has 1 atom stereocenters. The lowest BCUT2D eigenvalue weighted by molar-refractivity contribution is 0.815. The molecule has 1 unspecified atom stereocenters. The van der Waals surface area contributed by atoms with E-state index < -0.39 is 0 Å². The topological polar surface area (TPSA) is 49.8 Å². The summed E-state index contributed by atoms with van der Waals surface area (Å²) in [4.78, 5) is 0. The van der Waals surface area contributed by atoms with Crippen LogP contribution in [-0.2, 0) is 0 Å². The van der Waals surface area contributed by atoms with Gasteiger partial charge in [-0.3, -0.25) is 0 Å². The molecule has 0 saturated heterocycles. The van der Waals surface area contributed by atoms with E-state index in [0.29, 0.717) is 21.2 Å². The van der Waals surface area contributed by atoms with Gasteiger partial charge in [-0.05, 0) is 19.1 Å². The van der Waals surface area contributed by atoms with Crippen molar-refractivity contribution in [1.82, 2.24) is 0 Å². The predicted molar refractivity (Wildman–Crippen MR) is 53.8 cm³/mol. The molecule has 0 saturated carbocycles. The van der Waals surface area contributed by atoms with Crippen LogP contribution in [0.25, 0.3) is 0 Å². The molecule has 1 aromatic rings. The maximum Gasteiger partial charge on any atom is 0.0996 e. The van der Waals surface area contributed by atoms with E-state index in [2.05, 4.69) is 0 Å². The standard InChI is InChI=1S/C9H8Cl2N2/c1-5(13)9-6(4-12)2-7(10)3-8(9)11/h2-3,5H,13H2,1H3. The van der Waals surface area contributed by atoms with Crippen molar-refractivity contribution in [2.75, 3.05) is 0 Å². The quantitative estimate of drug-likeness (QED) is 0.782. The number of nitriles is 1. The van der Waals surface area contributed by atoms with E-state index in [4.69, 9.17) is 34.2 Å². The van der Waals surface area contributed by atoms with Gasteiger partial charge in [0.05, 0.1) is 11.6 Å². The molecule has 0 heterocycles. The molecule has 13 heavy (non-hydrogen) atoms. The van der Waals surface area contributed by atoms with Crippen molar-refractivity contribution >= 4 is 23.2 Å². The fraction of sp³-hybridized carbons (Fsp3) is 0.222. The third kappa shape index (κ3) is 2.13. The number of hydrogen-bond donors (Lipinski definition) is 1. The normalized spacial score (nSPS) is 12.2. The number of rotatable bonds is 1. The minimum absolute atomic E-state index is 0.264. The lowest BCUT2D eigenvalue weighted by Gasteiger charge is -2.10. The first-order valence-corrected chi connectivity index (χ1v) is 4.46. The summed E-state index contributed by atoms with van der Waals surface area (Å²) >= 11 is 11.6. The van der Waals surface area contributed by atoms with E-state index >= 15 is 0 Å². The molecule has 0 aliphatic heterocycles. The highest BCUT2D eigenvalue weighted by Gasteiger charge is 2.12. The molecule has 0 amide bonds. The molecular formula is C9H8Cl2N2. The molecule has 2 N–H and O–H groups in total. The van der Waals surface area contributed by atoms with Gasteiger partial charge in [0.2, 0.25) is 0 Å². The number of nitrogens with two attached hydrogens (primary N) is 1. The van der Waals surface area contributed by atoms with Gasteiger partial charge >= 0.3 is 0 Å². The van der Waals surface area contributed by atoms with Crippen LogP contribution in [0.1, 0.15) is 24.1 Å². The maximum absolute atomic E-state index is 8.79. The van der Waals surface area contributed by atoms with E-state index in [-0.39, 0.29) is 6.04 Å². The zero-order valence-electron chi connectivity index (χ0n) is 7.01. The highest BCUT2D eigenvalue weighted by atomic mass is 35.5. The van der Waals surface area contributed by atoms with Gasteiger partial charge in [0.1, 0.15) is 0 Å². The Balaban J connectivity index is 3.41. The Morgan fingerprint density at radius 2 is 2.08 bits per heavy atom. The highest BCUT2D eigenvalue weighted by molar-refractivity contribution is 6.35. The lowest BCUT2D eigenvalue weighted by atomic mass is 10.0. The minimum atomic E-state index is -0.264. The Morgan fingerprint density at radius 1 is 1.46 bits per heavy atom. The first-order valence-electron chi connectivity index (χ1n) is 3.71. The fourth-order valence-corrected chi connectivity index (χ4v) is 1.81. The second-order valence-corrected chi connectivity index (χ2v) is 3.59. The molecule has 0 aromatic heterocycles. The first-order chi connectivity index (χ1) is 6.06. The Bertz CT molecular complexity index is 367. The molecule has 1 rings (SSSR count). The van der Waals surface area contributed by atoms with Crippen LogP contribution in [0.3, 0.4) is 0 Å². The predicted octanol–water partition coefficient (Wildman–Crippen LogP) is 2.88. The molecule has 0 spiro atoms. The lowest BCUT2D eigenvalue weighted by Crippen LogP contribution is -2.08. The van der Waals surface area contributed by atoms with Gasteiger partial charge < -0.3 is 5.73 Å². The molecule has 0 aliphatic rings. The molecule has 0 fully saturated rings. The van der Waals surface area contributed by atoms with E-state index in [9.17, 15) is 0 Å². The summed E-state index contributed by atoms with van der Waals surface area (Å²) in [5.74, 6) is 0. The van der Waals surface area contributed by atoms with E-state index in [1.165, 1.54) is 0 Å². The largest absolute Gasteiger partial charge is 0.324 e. The minimum Gasteiger partial charge on any atom is -0.324 e.